The SMILES string of the molecule is CN(C)c1ccc(-c2cc3ncccc3c(N[C@@H]3CCCC[C@@H]3N)n2)cc1. The minimum atomic E-state index is 0.176. The average Bonchev–Trinajstić information content (AvgIpc) is 2.69. The molecular weight excluding hydrogens is 334 g/mol. The fourth-order valence-electron chi connectivity index (χ4n) is 3.78. The van der Waals surface area contributed by atoms with Gasteiger partial charge in [0.1, 0.15) is 5.82 Å². The third kappa shape index (κ3) is 3.74. The lowest BCUT2D eigenvalue weighted by atomic mass is 9.91. The monoisotopic (exact) mass is 361 g/mol. The van der Waals surface area contributed by atoms with Crippen molar-refractivity contribution in [1.82, 2.24) is 9.97 Å². The van der Waals surface area contributed by atoms with Gasteiger partial charge in [-0.1, -0.05) is 25.0 Å². The van der Waals surface area contributed by atoms with Crippen molar-refractivity contribution in [1.29, 1.82) is 0 Å². The Kier molecular flexibility index (Phi) is 4.94. The summed E-state index contributed by atoms with van der Waals surface area (Å²) >= 11 is 0. The molecule has 0 aliphatic heterocycles. The lowest BCUT2D eigenvalue weighted by Gasteiger charge is -2.30. The van der Waals surface area contributed by atoms with E-state index < -0.39 is 0 Å². The molecule has 1 saturated carbocycles. The molecule has 5 nitrogen and oxygen atoms in total. The highest BCUT2D eigenvalue weighted by atomic mass is 15.1. The fourth-order valence-corrected chi connectivity index (χ4v) is 3.78. The first-order valence-electron chi connectivity index (χ1n) is 9.67. The van der Waals surface area contributed by atoms with Gasteiger partial charge in [-0.3, -0.25) is 4.98 Å². The van der Waals surface area contributed by atoms with Gasteiger partial charge in [-0.25, -0.2) is 4.98 Å². The van der Waals surface area contributed by atoms with Crippen molar-refractivity contribution in [2.24, 2.45) is 5.73 Å². The van der Waals surface area contributed by atoms with Gasteiger partial charge < -0.3 is 16.0 Å². The van der Waals surface area contributed by atoms with E-state index in [1.165, 1.54) is 18.5 Å². The van der Waals surface area contributed by atoms with Gasteiger partial charge in [0.15, 0.2) is 0 Å². The molecule has 2 atom stereocenters. The molecule has 2 heterocycles. The second kappa shape index (κ2) is 7.53. The van der Waals surface area contributed by atoms with Gasteiger partial charge in [0.2, 0.25) is 0 Å². The van der Waals surface area contributed by atoms with Crippen molar-refractivity contribution in [2.75, 3.05) is 24.3 Å². The predicted octanol–water partition coefficient (Wildman–Crippen LogP) is 4.04. The Morgan fingerprint density at radius 1 is 1.07 bits per heavy atom. The smallest absolute Gasteiger partial charge is 0.136 e. The number of aromatic nitrogens is 2. The van der Waals surface area contributed by atoms with Crippen LogP contribution in [0.3, 0.4) is 0 Å². The third-order valence-electron chi connectivity index (χ3n) is 5.42. The zero-order valence-corrected chi connectivity index (χ0v) is 16.0. The Morgan fingerprint density at radius 2 is 1.85 bits per heavy atom. The van der Waals surface area contributed by atoms with E-state index in [1.807, 2.05) is 26.4 Å². The Hall–Kier alpha value is -2.66. The molecule has 1 aliphatic carbocycles. The molecule has 0 saturated heterocycles. The Morgan fingerprint density at radius 3 is 2.59 bits per heavy atom. The summed E-state index contributed by atoms with van der Waals surface area (Å²) in [5.74, 6) is 0.884. The number of benzene rings is 1. The molecule has 1 aromatic carbocycles. The van der Waals surface area contributed by atoms with Crippen LogP contribution < -0.4 is 16.0 Å². The van der Waals surface area contributed by atoms with Crippen molar-refractivity contribution in [3.8, 4) is 11.3 Å². The van der Waals surface area contributed by atoms with Gasteiger partial charge in [0.05, 0.1) is 11.2 Å². The maximum absolute atomic E-state index is 6.35. The minimum absolute atomic E-state index is 0.176. The molecule has 0 radical (unpaired) electrons. The fraction of sp³-hybridized carbons (Fsp3) is 0.364. The number of nitrogens with zero attached hydrogens (tertiary/aromatic N) is 3. The first kappa shape index (κ1) is 17.7. The zero-order valence-electron chi connectivity index (χ0n) is 16.0. The molecule has 3 aromatic rings. The van der Waals surface area contributed by atoms with E-state index in [2.05, 4.69) is 51.6 Å². The third-order valence-corrected chi connectivity index (χ3v) is 5.42. The number of fused-ring (bicyclic) bond motifs is 1. The first-order chi connectivity index (χ1) is 13.1. The van der Waals surface area contributed by atoms with Crippen molar-refractivity contribution >= 4 is 22.4 Å². The number of anilines is 2. The highest BCUT2D eigenvalue weighted by Crippen LogP contribution is 2.29. The normalized spacial score (nSPS) is 19.8. The van der Waals surface area contributed by atoms with Crippen LogP contribution in [0.25, 0.3) is 22.2 Å². The Labute approximate surface area is 160 Å². The molecule has 4 rings (SSSR count). The summed E-state index contributed by atoms with van der Waals surface area (Å²) in [7, 11) is 4.09. The summed E-state index contributed by atoms with van der Waals surface area (Å²) in [6.07, 6.45) is 6.42. The standard InChI is InChI=1S/C22H27N5/c1-27(2)16-11-9-15(10-12-16)20-14-21-17(6-5-13-24-21)22(26-20)25-19-8-4-3-7-18(19)23/h5-6,9-14,18-19H,3-4,7-8,23H2,1-2H3,(H,25,26)/t18-,19+/m0/s1. The van der Waals surface area contributed by atoms with Gasteiger partial charge in [0.25, 0.3) is 0 Å². The first-order valence-corrected chi connectivity index (χ1v) is 9.67. The highest BCUT2D eigenvalue weighted by molar-refractivity contribution is 5.92. The number of nitrogens with two attached hydrogens (primary N) is 1. The van der Waals surface area contributed by atoms with Crippen molar-refractivity contribution in [3.05, 3.63) is 48.7 Å². The summed E-state index contributed by atoms with van der Waals surface area (Å²) < 4.78 is 0. The van der Waals surface area contributed by atoms with Crippen LogP contribution >= 0.6 is 0 Å². The van der Waals surface area contributed by atoms with Crippen molar-refractivity contribution in [2.45, 2.75) is 37.8 Å². The quantitative estimate of drug-likeness (QED) is 0.734. The van der Waals surface area contributed by atoms with Crippen LogP contribution in [0.4, 0.5) is 11.5 Å². The molecule has 5 heteroatoms. The second-order valence-corrected chi connectivity index (χ2v) is 7.57. The number of hydrogen-bond donors (Lipinski definition) is 2. The summed E-state index contributed by atoms with van der Waals surface area (Å²) in [5, 5.41) is 4.67. The van der Waals surface area contributed by atoms with E-state index in [1.54, 1.807) is 0 Å². The molecule has 27 heavy (non-hydrogen) atoms. The zero-order chi connectivity index (χ0) is 18.8. The molecule has 0 amide bonds. The minimum Gasteiger partial charge on any atom is -0.378 e. The van der Waals surface area contributed by atoms with Crippen LogP contribution in [-0.2, 0) is 0 Å². The molecule has 0 unspecified atom stereocenters. The Balaban J connectivity index is 1.73. The van der Waals surface area contributed by atoms with Gasteiger partial charge in [0, 0.05) is 49.0 Å². The van der Waals surface area contributed by atoms with Crippen LogP contribution in [0.15, 0.2) is 48.7 Å². The van der Waals surface area contributed by atoms with Gasteiger partial charge >= 0.3 is 0 Å². The van der Waals surface area contributed by atoms with E-state index in [-0.39, 0.29) is 12.1 Å². The van der Waals surface area contributed by atoms with Crippen LogP contribution in [0.1, 0.15) is 25.7 Å². The largest absolute Gasteiger partial charge is 0.378 e. The summed E-state index contributed by atoms with van der Waals surface area (Å²) in [5.41, 5.74) is 10.5. The van der Waals surface area contributed by atoms with Gasteiger partial charge in [-0.05, 0) is 43.2 Å². The van der Waals surface area contributed by atoms with Crippen molar-refractivity contribution < 1.29 is 0 Å². The summed E-state index contributed by atoms with van der Waals surface area (Å²) in [4.78, 5) is 11.6. The Bertz CT molecular complexity index is 920. The molecule has 1 fully saturated rings. The molecular formula is C22H27N5. The second-order valence-electron chi connectivity index (χ2n) is 7.57. The maximum atomic E-state index is 6.35. The van der Waals surface area contributed by atoms with Crippen LogP contribution in [0, 0.1) is 0 Å². The summed E-state index contributed by atoms with van der Waals surface area (Å²) in [6, 6.07) is 15.0. The van der Waals surface area contributed by atoms with Crippen LogP contribution in [0.2, 0.25) is 0 Å². The number of nitrogens with one attached hydrogen (secondary N) is 1. The number of hydrogen-bond acceptors (Lipinski definition) is 5. The molecule has 2 aromatic heterocycles. The lowest BCUT2D eigenvalue weighted by Crippen LogP contribution is -2.42. The van der Waals surface area contributed by atoms with E-state index >= 15 is 0 Å². The van der Waals surface area contributed by atoms with Gasteiger partial charge in [-0.2, -0.15) is 0 Å². The molecule has 0 spiro atoms. The topological polar surface area (TPSA) is 67.1 Å². The number of pyridine rings is 2. The maximum Gasteiger partial charge on any atom is 0.136 e. The molecule has 0 bridgehead atoms. The van der Waals surface area contributed by atoms with Crippen LogP contribution in [-0.4, -0.2) is 36.1 Å². The van der Waals surface area contributed by atoms with E-state index in [0.717, 1.165) is 40.8 Å². The van der Waals surface area contributed by atoms with E-state index in [0.29, 0.717) is 0 Å². The molecule has 140 valence electrons. The highest BCUT2D eigenvalue weighted by Gasteiger charge is 2.23. The van der Waals surface area contributed by atoms with Crippen LogP contribution in [0.5, 0.6) is 0 Å². The average molecular weight is 361 g/mol. The number of rotatable bonds is 4. The summed E-state index contributed by atoms with van der Waals surface area (Å²) in [6.45, 7) is 0. The van der Waals surface area contributed by atoms with E-state index in [4.69, 9.17) is 10.7 Å². The lowest BCUT2D eigenvalue weighted by molar-refractivity contribution is 0.403. The van der Waals surface area contributed by atoms with Crippen molar-refractivity contribution in [3.63, 3.8) is 0 Å². The van der Waals surface area contributed by atoms with Gasteiger partial charge in [-0.15, -0.1) is 0 Å². The van der Waals surface area contributed by atoms with E-state index in [9.17, 15) is 0 Å². The predicted molar refractivity (Wildman–Crippen MR) is 113 cm³/mol. The molecule has 1 aliphatic rings. The molecule has 3 N–H and O–H groups in total.